The average Bonchev–Trinajstić information content (AvgIpc) is 2.24. The Kier molecular flexibility index (Phi) is 3.45. The fraction of sp³-hybridized carbons (Fsp3) is 1.00. The van der Waals surface area contributed by atoms with Gasteiger partial charge in [0.25, 0.3) is 0 Å². The maximum Gasteiger partial charge on any atom is 0.0587 e. The first-order valence-corrected chi connectivity index (χ1v) is 6.17. The molecule has 1 aliphatic heterocycles. The molecule has 14 heavy (non-hydrogen) atoms. The van der Waals surface area contributed by atoms with Crippen LogP contribution in [0.1, 0.15) is 46.0 Å². The summed E-state index contributed by atoms with van der Waals surface area (Å²) < 4.78 is 5.68. The van der Waals surface area contributed by atoms with Crippen molar-refractivity contribution in [3.05, 3.63) is 0 Å². The second-order valence-corrected chi connectivity index (χ2v) is 4.95. The fourth-order valence-corrected chi connectivity index (χ4v) is 2.53. The van der Waals surface area contributed by atoms with E-state index in [0.29, 0.717) is 6.10 Å². The number of nitrogens with one attached hydrogen (secondary N) is 1. The third-order valence-corrected chi connectivity index (χ3v) is 3.89. The van der Waals surface area contributed by atoms with Gasteiger partial charge in [0.15, 0.2) is 0 Å². The van der Waals surface area contributed by atoms with E-state index in [4.69, 9.17) is 4.74 Å². The molecule has 4 atom stereocenters. The normalized spacial score (nSPS) is 43.3. The van der Waals surface area contributed by atoms with Gasteiger partial charge in [-0.25, -0.2) is 0 Å². The molecule has 0 amide bonds. The lowest BCUT2D eigenvalue weighted by molar-refractivity contribution is -0.00610. The van der Waals surface area contributed by atoms with Crippen LogP contribution >= 0.6 is 0 Å². The van der Waals surface area contributed by atoms with Crippen LogP contribution in [0, 0.1) is 5.92 Å². The minimum Gasteiger partial charge on any atom is -0.378 e. The predicted molar refractivity (Wildman–Crippen MR) is 58.4 cm³/mol. The maximum absolute atomic E-state index is 5.68. The highest BCUT2D eigenvalue weighted by atomic mass is 16.5. The van der Waals surface area contributed by atoms with Crippen molar-refractivity contribution in [3.8, 4) is 0 Å². The SMILES string of the molecule is CCC1CC(NC2CCC2C)CCO1. The molecule has 2 aliphatic rings. The molecule has 2 nitrogen and oxygen atoms in total. The topological polar surface area (TPSA) is 21.3 Å². The van der Waals surface area contributed by atoms with Crippen LogP contribution in [-0.4, -0.2) is 24.8 Å². The standard InChI is InChI=1S/C12H23NO/c1-3-11-8-10(6-7-14-11)13-12-5-4-9(12)2/h9-13H,3-8H2,1-2H3. The first-order chi connectivity index (χ1) is 6.79. The number of hydrogen-bond acceptors (Lipinski definition) is 2. The largest absolute Gasteiger partial charge is 0.378 e. The van der Waals surface area contributed by atoms with Crippen molar-refractivity contribution in [3.63, 3.8) is 0 Å². The summed E-state index contributed by atoms with van der Waals surface area (Å²) in [6.07, 6.45) is 6.90. The molecule has 2 heteroatoms. The minimum absolute atomic E-state index is 0.511. The molecule has 1 N–H and O–H groups in total. The van der Waals surface area contributed by atoms with E-state index in [9.17, 15) is 0 Å². The van der Waals surface area contributed by atoms with E-state index in [1.165, 1.54) is 32.1 Å². The lowest BCUT2D eigenvalue weighted by Gasteiger charge is -2.40. The molecule has 82 valence electrons. The lowest BCUT2D eigenvalue weighted by Crippen LogP contribution is -2.50. The van der Waals surface area contributed by atoms with Gasteiger partial charge in [0.2, 0.25) is 0 Å². The Bertz CT molecular complexity index is 183. The smallest absolute Gasteiger partial charge is 0.0587 e. The summed E-state index contributed by atoms with van der Waals surface area (Å²) in [5.41, 5.74) is 0. The lowest BCUT2D eigenvalue weighted by atomic mass is 9.80. The van der Waals surface area contributed by atoms with Gasteiger partial charge in [0.1, 0.15) is 0 Å². The Morgan fingerprint density at radius 1 is 1.29 bits per heavy atom. The quantitative estimate of drug-likeness (QED) is 0.750. The third kappa shape index (κ3) is 2.29. The van der Waals surface area contributed by atoms with Gasteiger partial charge in [-0.05, 0) is 38.0 Å². The summed E-state index contributed by atoms with van der Waals surface area (Å²) in [5.74, 6) is 0.901. The van der Waals surface area contributed by atoms with E-state index in [2.05, 4.69) is 19.2 Å². The average molecular weight is 197 g/mol. The molecular formula is C12H23NO. The molecule has 0 aromatic heterocycles. The highest BCUT2D eigenvalue weighted by Gasteiger charge is 2.30. The van der Waals surface area contributed by atoms with Crippen molar-refractivity contribution in [2.45, 2.75) is 64.1 Å². The van der Waals surface area contributed by atoms with Crippen LogP contribution in [0.25, 0.3) is 0 Å². The van der Waals surface area contributed by atoms with E-state index in [0.717, 1.165) is 24.6 Å². The zero-order chi connectivity index (χ0) is 9.97. The molecule has 1 saturated carbocycles. The van der Waals surface area contributed by atoms with Gasteiger partial charge in [0.05, 0.1) is 6.10 Å². The molecule has 4 unspecified atom stereocenters. The van der Waals surface area contributed by atoms with Crippen molar-refractivity contribution in [2.24, 2.45) is 5.92 Å². The molecule has 1 aliphatic carbocycles. The van der Waals surface area contributed by atoms with Crippen molar-refractivity contribution >= 4 is 0 Å². The summed E-state index contributed by atoms with van der Waals surface area (Å²) in [7, 11) is 0. The second kappa shape index (κ2) is 4.63. The number of rotatable bonds is 3. The van der Waals surface area contributed by atoms with Crippen molar-refractivity contribution in [1.82, 2.24) is 5.32 Å². The van der Waals surface area contributed by atoms with Crippen LogP contribution in [-0.2, 0) is 4.74 Å². The van der Waals surface area contributed by atoms with Crippen LogP contribution in [0.2, 0.25) is 0 Å². The van der Waals surface area contributed by atoms with Crippen molar-refractivity contribution < 1.29 is 4.74 Å². The number of ether oxygens (including phenoxy) is 1. The van der Waals surface area contributed by atoms with Gasteiger partial charge in [0, 0.05) is 18.7 Å². The van der Waals surface area contributed by atoms with Crippen molar-refractivity contribution in [2.75, 3.05) is 6.61 Å². The maximum atomic E-state index is 5.68. The van der Waals surface area contributed by atoms with Crippen LogP contribution in [0.3, 0.4) is 0 Å². The van der Waals surface area contributed by atoms with E-state index in [-0.39, 0.29) is 0 Å². The molecule has 0 aromatic carbocycles. The Hall–Kier alpha value is -0.0800. The monoisotopic (exact) mass is 197 g/mol. The van der Waals surface area contributed by atoms with Gasteiger partial charge in [-0.1, -0.05) is 13.8 Å². The fourth-order valence-electron chi connectivity index (χ4n) is 2.53. The molecule has 0 radical (unpaired) electrons. The molecule has 2 rings (SSSR count). The van der Waals surface area contributed by atoms with Gasteiger partial charge < -0.3 is 10.1 Å². The Balaban J connectivity index is 1.74. The summed E-state index contributed by atoms with van der Waals surface area (Å²) in [6.45, 7) is 5.54. The first-order valence-electron chi connectivity index (χ1n) is 6.17. The molecule has 0 aromatic rings. The molecule has 0 bridgehead atoms. The van der Waals surface area contributed by atoms with Crippen molar-refractivity contribution in [1.29, 1.82) is 0 Å². The first kappa shape index (κ1) is 10.4. The Labute approximate surface area is 87.4 Å². The molecule has 1 saturated heterocycles. The molecule has 1 heterocycles. The van der Waals surface area contributed by atoms with Gasteiger partial charge in [-0.15, -0.1) is 0 Å². The third-order valence-electron chi connectivity index (χ3n) is 3.89. The summed E-state index contributed by atoms with van der Waals surface area (Å²) in [5, 5.41) is 3.79. The van der Waals surface area contributed by atoms with Crippen LogP contribution in [0.15, 0.2) is 0 Å². The van der Waals surface area contributed by atoms with Gasteiger partial charge in [-0.2, -0.15) is 0 Å². The summed E-state index contributed by atoms with van der Waals surface area (Å²) >= 11 is 0. The summed E-state index contributed by atoms with van der Waals surface area (Å²) in [6, 6.07) is 1.53. The van der Waals surface area contributed by atoms with E-state index in [1.807, 2.05) is 0 Å². The van der Waals surface area contributed by atoms with Crippen LogP contribution in [0.4, 0.5) is 0 Å². The number of hydrogen-bond donors (Lipinski definition) is 1. The molecule has 2 fully saturated rings. The molecule has 0 spiro atoms. The second-order valence-electron chi connectivity index (χ2n) is 4.95. The summed E-state index contributed by atoms with van der Waals surface area (Å²) in [4.78, 5) is 0. The Morgan fingerprint density at radius 2 is 2.14 bits per heavy atom. The van der Waals surface area contributed by atoms with E-state index in [1.54, 1.807) is 0 Å². The van der Waals surface area contributed by atoms with Gasteiger partial charge in [-0.3, -0.25) is 0 Å². The highest BCUT2D eigenvalue weighted by molar-refractivity contribution is 4.88. The Morgan fingerprint density at radius 3 is 2.71 bits per heavy atom. The van der Waals surface area contributed by atoms with E-state index < -0.39 is 0 Å². The van der Waals surface area contributed by atoms with Crippen LogP contribution in [0.5, 0.6) is 0 Å². The highest BCUT2D eigenvalue weighted by Crippen LogP contribution is 2.28. The minimum atomic E-state index is 0.511. The van der Waals surface area contributed by atoms with Crippen LogP contribution < -0.4 is 5.32 Å². The van der Waals surface area contributed by atoms with E-state index >= 15 is 0 Å². The van der Waals surface area contributed by atoms with Gasteiger partial charge >= 0.3 is 0 Å². The molecular weight excluding hydrogens is 174 g/mol. The predicted octanol–water partition coefficient (Wildman–Crippen LogP) is 2.33. The zero-order valence-electron chi connectivity index (χ0n) is 9.46. The zero-order valence-corrected chi connectivity index (χ0v) is 9.46.